The van der Waals surface area contributed by atoms with Gasteiger partial charge < -0.3 is 18.9 Å². The number of benzene rings is 1. The molecule has 1 aromatic rings. The molecule has 0 aliphatic carbocycles. The fraction of sp³-hybridized carbons (Fsp3) is 0.222. The smallest absolute Gasteiger partial charge is 0.340 e. The van der Waals surface area contributed by atoms with E-state index >= 15 is 0 Å². The summed E-state index contributed by atoms with van der Waals surface area (Å²) in [6.45, 7) is 5.14. The Hall–Kier alpha value is -2.26. The Morgan fingerprint density at radius 2 is 0.900 bits per heavy atom. The van der Waals surface area contributed by atoms with Crippen LogP contribution in [0.3, 0.4) is 0 Å². The van der Waals surface area contributed by atoms with Gasteiger partial charge in [-0.1, -0.05) is 59.6 Å². The van der Waals surface area contributed by atoms with E-state index < -0.39 is 45.0 Å². The SMILES string of the molecule is C=CC(=O)OCCOC(=O)c1c(Cl)c(Cl)c(Cl)c(Cl)c1C(=O)OCCOC(=O)C=C. The molecule has 0 spiro atoms. The van der Waals surface area contributed by atoms with E-state index in [9.17, 15) is 19.2 Å². The van der Waals surface area contributed by atoms with Crippen LogP contribution in [0.15, 0.2) is 25.3 Å². The van der Waals surface area contributed by atoms with Crippen molar-refractivity contribution in [1.82, 2.24) is 0 Å². The highest BCUT2D eigenvalue weighted by Gasteiger charge is 2.31. The van der Waals surface area contributed by atoms with E-state index in [0.717, 1.165) is 12.2 Å². The largest absolute Gasteiger partial charge is 0.459 e. The lowest BCUT2D eigenvalue weighted by atomic mass is 10.1. The molecular weight excluding hydrogens is 486 g/mol. The maximum absolute atomic E-state index is 12.5. The predicted molar refractivity (Wildman–Crippen MR) is 109 cm³/mol. The topological polar surface area (TPSA) is 105 Å². The number of halogens is 4. The third kappa shape index (κ3) is 6.91. The van der Waals surface area contributed by atoms with Gasteiger partial charge >= 0.3 is 23.9 Å². The summed E-state index contributed by atoms with van der Waals surface area (Å²) in [5.74, 6) is -3.63. The summed E-state index contributed by atoms with van der Waals surface area (Å²) in [6, 6.07) is 0. The summed E-state index contributed by atoms with van der Waals surface area (Å²) in [6.07, 6.45) is 1.86. The monoisotopic (exact) mass is 498 g/mol. The number of hydrogen-bond acceptors (Lipinski definition) is 8. The Bertz CT molecular complexity index is 811. The molecule has 12 heteroatoms. The molecule has 0 saturated carbocycles. The third-order valence-corrected chi connectivity index (χ3v) is 4.93. The molecule has 0 aliphatic heterocycles. The fourth-order valence-corrected chi connectivity index (χ4v) is 2.84. The van der Waals surface area contributed by atoms with Crippen molar-refractivity contribution in [3.05, 3.63) is 56.5 Å². The molecule has 1 aromatic carbocycles. The molecule has 0 unspecified atom stereocenters. The maximum atomic E-state index is 12.5. The Morgan fingerprint density at radius 3 is 1.20 bits per heavy atom. The highest BCUT2D eigenvalue weighted by atomic mass is 35.5. The first kappa shape index (κ1) is 25.8. The van der Waals surface area contributed by atoms with Gasteiger partial charge in [0, 0.05) is 12.2 Å². The zero-order valence-electron chi connectivity index (χ0n) is 15.2. The van der Waals surface area contributed by atoms with Crippen LogP contribution in [0, 0.1) is 0 Å². The van der Waals surface area contributed by atoms with E-state index in [-0.39, 0.29) is 36.5 Å². The van der Waals surface area contributed by atoms with Crippen molar-refractivity contribution in [3.8, 4) is 0 Å². The Labute approximate surface area is 191 Å². The minimum Gasteiger partial charge on any atom is -0.459 e. The molecule has 0 aromatic heterocycles. The number of hydrogen-bond donors (Lipinski definition) is 0. The second-order valence-corrected chi connectivity index (χ2v) is 6.53. The molecule has 0 saturated heterocycles. The summed E-state index contributed by atoms with van der Waals surface area (Å²) in [5, 5.41) is -1.37. The van der Waals surface area contributed by atoms with Crippen molar-refractivity contribution in [1.29, 1.82) is 0 Å². The Morgan fingerprint density at radius 1 is 0.600 bits per heavy atom. The first-order valence-corrected chi connectivity index (χ1v) is 9.45. The van der Waals surface area contributed by atoms with Crippen LogP contribution in [0.4, 0.5) is 0 Å². The average Bonchev–Trinajstić information content (AvgIpc) is 2.74. The fourth-order valence-electron chi connectivity index (χ4n) is 1.83. The van der Waals surface area contributed by atoms with Crippen molar-refractivity contribution in [2.75, 3.05) is 26.4 Å². The van der Waals surface area contributed by atoms with Crippen LogP contribution in [0.2, 0.25) is 20.1 Å². The second-order valence-electron chi connectivity index (χ2n) is 5.02. The number of esters is 4. The second kappa shape index (κ2) is 12.4. The zero-order valence-corrected chi connectivity index (χ0v) is 18.2. The van der Waals surface area contributed by atoms with Crippen molar-refractivity contribution in [3.63, 3.8) is 0 Å². The van der Waals surface area contributed by atoms with Crippen LogP contribution >= 0.6 is 46.4 Å². The molecule has 162 valence electrons. The van der Waals surface area contributed by atoms with Gasteiger partial charge in [0.2, 0.25) is 0 Å². The van der Waals surface area contributed by atoms with Gasteiger partial charge in [-0.2, -0.15) is 0 Å². The van der Waals surface area contributed by atoms with Crippen LogP contribution in [-0.4, -0.2) is 50.3 Å². The van der Waals surface area contributed by atoms with E-state index in [0.29, 0.717) is 0 Å². The minimum atomic E-state index is -1.10. The summed E-state index contributed by atoms with van der Waals surface area (Å²) in [5.41, 5.74) is -1.00. The number of carbonyl (C=O) groups is 4. The Kier molecular flexibility index (Phi) is 10.7. The molecule has 0 heterocycles. The highest BCUT2D eigenvalue weighted by Crippen LogP contribution is 2.42. The molecule has 0 amide bonds. The minimum absolute atomic E-state index is 0.280. The first-order valence-electron chi connectivity index (χ1n) is 7.94. The van der Waals surface area contributed by atoms with Crippen molar-refractivity contribution < 1.29 is 38.1 Å². The van der Waals surface area contributed by atoms with Gasteiger partial charge in [-0.05, 0) is 0 Å². The van der Waals surface area contributed by atoms with Crippen LogP contribution in [0.1, 0.15) is 20.7 Å². The lowest BCUT2D eigenvalue weighted by Crippen LogP contribution is -2.19. The molecule has 0 fully saturated rings. The molecule has 0 radical (unpaired) electrons. The van der Waals surface area contributed by atoms with Crippen LogP contribution < -0.4 is 0 Å². The molecular formula is C18H14Cl4O8. The van der Waals surface area contributed by atoms with Gasteiger partial charge in [0.05, 0.1) is 31.2 Å². The standard InChI is InChI=1S/C18H14Cl4O8/c1-3-9(23)27-5-7-29-17(25)11-12(14(20)16(22)15(21)13(11)19)18(26)30-8-6-28-10(24)4-2/h3-4H,1-2,5-8H2. The predicted octanol–water partition coefficient (Wildman–Crippen LogP) is 4.07. The van der Waals surface area contributed by atoms with Crippen LogP contribution in [0.25, 0.3) is 0 Å². The van der Waals surface area contributed by atoms with Crippen molar-refractivity contribution in [2.24, 2.45) is 0 Å². The van der Waals surface area contributed by atoms with Gasteiger partial charge in [-0.25, -0.2) is 19.2 Å². The van der Waals surface area contributed by atoms with Crippen LogP contribution in [-0.2, 0) is 28.5 Å². The van der Waals surface area contributed by atoms with Crippen molar-refractivity contribution >= 4 is 70.3 Å². The molecule has 0 N–H and O–H groups in total. The Balaban J connectivity index is 3.04. The maximum Gasteiger partial charge on any atom is 0.340 e. The number of rotatable bonds is 10. The summed E-state index contributed by atoms with van der Waals surface area (Å²) in [4.78, 5) is 46.9. The molecule has 1 rings (SSSR count). The molecule has 0 bridgehead atoms. The van der Waals surface area contributed by atoms with Crippen LogP contribution in [0.5, 0.6) is 0 Å². The van der Waals surface area contributed by atoms with Gasteiger partial charge in [0.1, 0.15) is 26.4 Å². The average molecular weight is 500 g/mol. The van der Waals surface area contributed by atoms with Gasteiger partial charge in [0.15, 0.2) is 0 Å². The first-order chi connectivity index (χ1) is 14.1. The number of carbonyl (C=O) groups excluding carboxylic acids is 4. The normalized spacial score (nSPS) is 10.0. The summed E-state index contributed by atoms with van der Waals surface area (Å²) >= 11 is 24.0. The van der Waals surface area contributed by atoms with Gasteiger partial charge in [-0.15, -0.1) is 0 Å². The van der Waals surface area contributed by atoms with E-state index in [1.54, 1.807) is 0 Å². The van der Waals surface area contributed by atoms with E-state index in [1.165, 1.54) is 0 Å². The lowest BCUT2D eigenvalue weighted by molar-refractivity contribution is -0.139. The third-order valence-electron chi connectivity index (χ3n) is 3.13. The lowest BCUT2D eigenvalue weighted by Gasteiger charge is -2.15. The highest BCUT2D eigenvalue weighted by molar-refractivity contribution is 6.54. The van der Waals surface area contributed by atoms with E-state index in [1.807, 2.05) is 0 Å². The summed E-state index contributed by atoms with van der Waals surface area (Å²) < 4.78 is 19.2. The zero-order chi connectivity index (χ0) is 22.8. The molecule has 30 heavy (non-hydrogen) atoms. The van der Waals surface area contributed by atoms with E-state index in [4.69, 9.17) is 55.9 Å². The quantitative estimate of drug-likeness (QED) is 0.118. The van der Waals surface area contributed by atoms with Crippen molar-refractivity contribution in [2.45, 2.75) is 0 Å². The molecule has 8 nitrogen and oxygen atoms in total. The van der Waals surface area contributed by atoms with Gasteiger partial charge in [-0.3, -0.25) is 0 Å². The molecule has 0 atom stereocenters. The summed E-state index contributed by atoms with van der Waals surface area (Å²) in [7, 11) is 0. The van der Waals surface area contributed by atoms with E-state index in [2.05, 4.69) is 22.6 Å². The molecule has 0 aliphatic rings. The number of ether oxygens (including phenoxy) is 4. The van der Waals surface area contributed by atoms with Gasteiger partial charge in [0.25, 0.3) is 0 Å².